The number of halogens is 1. The minimum Gasteiger partial charge on any atom is -0.255 e. The summed E-state index contributed by atoms with van der Waals surface area (Å²) in [5, 5.41) is 4.15. The van der Waals surface area contributed by atoms with Crippen molar-refractivity contribution in [3.05, 3.63) is 72.6 Å². The largest absolute Gasteiger partial charge is 0.255 e. The molecule has 0 radical (unpaired) electrons. The summed E-state index contributed by atoms with van der Waals surface area (Å²) in [4.78, 5) is 8.55. The molecule has 0 spiro atoms. The van der Waals surface area contributed by atoms with E-state index in [2.05, 4.69) is 15.1 Å². The molecule has 1 aromatic carbocycles. The van der Waals surface area contributed by atoms with E-state index in [4.69, 9.17) is 0 Å². The number of pyridine rings is 2. The maximum Gasteiger partial charge on any atom is 0.155 e. The van der Waals surface area contributed by atoms with Crippen molar-refractivity contribution in [1.82, 2.24) is 19.6 Å². The molecule has 3 heterocycles. The number of rotatable bonds is 2. The molecule has 0 saturated carbocycles. The SMILES string of the molecule is Cc1ccc(F)c(-c2ncccc2-c2ccc3ncnn3c2)c1. The molecule has 0 aliphatic heterocycles. The van der Waals surface area contributed by atoms with Gasteiger partial charge in [-0.15, -0.1) is 0 Å². The average molecular weight is 304 g/mol. The van der Waals surface area contributed by atoms with Gasteiger partial charge in [0.15, 0.2) is 5.65 Å². The second-order valence-corrected chi connectivity index (χ2v) is 5.36. The maximum atomic E-state index is 14.3. The quantitative estimate of drug-likeness (QED) is 0.564. The molecule has 4 nitrogen and oxygen atoms in total. The van der Waals surface area contributed by atoms with Crippen molar-refractivity contribution in [2.75, 3.05) is 0 Å². The maximum absolute atomic E-state index is 14.3. The first-order valence-electron chi connectivity index (χ1n) is 7.24. The Balaban J connectivity index is 1.94. The van der Waals surface area contributed by atoms with Crippen LogP contribution >= 0.6 is 0 Å². The van der Waals surface area contributed by atoms with E-state index >= 15 is 0 Å². The van der Waals surface area contributed by atoms with E-state index in [0.29, 0.717) is 11.3 Å². The van der Waals surface area contributed by atoms with Crippen LogP contribution in [0.25, 0.3) is 28.0 Å². The Bertz CT molecular complexity index is 1010. The molecule has 112 valence electrons. The third-order valence-electron chi connectivity index (χ3n) is 3.77. The van der Waals surface area contributed by atoms with Gasteiger partial charge in [0.2, 0.25) is 0 Å². The highest BCUT2D eigenvalue weighted by Crippen LogP contribution is 2.32. The number of fused-ring (bicyclic) bond motifs is 1. The minimum absolute atomic E-state index is 0.280. The van der Waals surface area contributed by atoms with Crippen LogP contribution in [0.2, 0.25) is 0 Å². The van der Waals surface area contributed by atoms with Crippen LogP contribution in [-0.2, 0) is 0 Å². The topological polar surface area (TPSA) is 43.1 Å². The van der Waals surface area contributed by atoms with Crippen LogP contribution in [0.15, 0.2) is 61.2 Å². The lowest BCUT2D eigenvalue weighted by Gasteiger charge is -2.10. The molecule has 0 amide bonds. The molecule has 4 aromatic rings. The molecule has 3 aromatic heterocycles. The van der Waals surface area contributed by atoms with Gasteiger partial charge >= 0.3 is 0 Å². The summed E-state index contributed by atoms with van der Waals surface area (Å²) in [6, 6.07) is 12.6. The molecule has 0 unspecified atom stereocenters. The van der Waals surface area contributed by atoms with Crippen LogP contribution in [0.4, 0.5) is 4.39 Å². The highest BCUT2D eigenvalue weighted by Gasteiger charge is 2.13. The molecule has 0 atom stereocenters. The molecule has 0 aliphatic carbocycles. The van der Waals surface area contributed by atoms with E-state index in [1.165, 1.54) is 12.4 Å². The first-order valence-corrected chi connectivity index (χ1v) is 7.24. The smallest absolute Gasteiger partial charge is 0.155 e. The van der Waals surface area contributed by atoms with Gasteiger partial charge in [0.25, 0.3) is 0 Å². The second kappa shape index (κ2) is 5.28. The number of aromatic nitrogens is 4. The van der Waals surface area contributed by atoms with Crippen LogP contribution in [0.3, 0.4) is 0 Å². The summed E-state index contributed by atoms with van der Waals surface area (Å²) < 4.78 is 16.0. The molecule has 0 fully saturated rings. The molecule has 5 heteroatoms. The molecule has 23 heavy (non-hydrogen) atoms. The molecular weight excluding hydrogens is 291 g/mol. The fourth-order valence-corrected chi connectivity index (χ4v) is 2.65. The lowest BCUT2D eigenvalue weighted by molar-refractivity contribution is 0.630. The number of benzene rings is 1. The minimum atomic E-state index is -0.280. The highest BCUT2D eigenvalue weighted by atomic mass is 19.1. The lowest BCUT2D eigenvalue weighted by atomic mass is 9.99. The highest BCUT2D eigenvalue weighted by molar-refractivity contribution is 5.81. The Hall–Kier alpha value is -3.08. The first-order chi connectivity index (χ1) is 11.2. The number of hydrogen-bond acceptors (Lipinski definition) is 3. The van der Waals surface area contributed by atoms with Crippen molar-refractivity contribution in [2.24, 2.45) is 0 Å². The Morgan fingerprint density at radius 3 is 2.83 bits per heavy atom. The van der Waals surface area contributed by atoms with E-state index in [-0.39, 0.29) is 5.82 Å². The van der Waals surface area contributed by atoms with Gasteiger partial charge < -0.3 is 0 Å². The normalized spacial score (nSPS) is 11.0. The lowest BCUT2D eigenvalue weighted by Crippen LogP contribution is -1.94. The van der Waals surface area contributed by atoms with Crippen LogP contribution in [-0.4, -0.2) is 19.6 Å². The summed E-state index contributed by atoms with van der Waals surface area (Å²) in [5.41, 5.74) is 4.64. The molecular formula is C18H13FN4. The van der Waals surface area contributed by atoms with E-state index in [1.807, 2.05) is 43.5 Å². The zero-order valence-electron chi connectivity index (χ0n) is 12.4. The zero-order valence-corrected chi connectivity index (χ0v) is 12.4. The van der Waals surface area contributed by atoms with Gasteiger partial charge in [-0.25, -0.2) is 13.9 Å². The van der Waals surface area contributed by atoms with Crippen molar-refractivity contribution < 1.29 is 4.39 Å². The van der Waals surface area contributed by atoms with Crippen LogP contribution in [0.5, 0.6) is 0 Å². The van der Waals surface area contributed by atoms with E-state index in [0.717, 1.165) is 22.3 Å². The summed E-state index contributed by atoms with van der Waals surface area (Å²) in [6.45, 7) is 1.94. The van der Waals surface area contributed by atoms with Gasteiger partial charge in [-0.3, -0.25) is 4.98 Å². The van der Waals surface area contributed by atoms with E-state index < -0.39 is 0 Å². The molecule has 0 N–H and O–H groups in total. The predicted molar refractivity (Wildman–Crippen MR) is 86.3 cm³/mol. The molecule has 0 aliphatic rings. The summed E-state index contributed by atoms with van der Waals surface area (Å²) >= 11 is 0. The summed E-state index contributed by atoms with van der Waals surface area (Å²) in [5.74, 6) is -0.280. The van der Waals surface area contributed by atoms with Crippen molar-refractivity contribution in [3.8, 4) is 22.4 Å². The fourth-order valence-electron chi connectivity index (χ4n) is 2.65. The Morgan fingerprint density at radius 2 is 1.91 bits per heavy atom. The Kier molecular flexibility index (Phi) is 3.12. The first kappa shape index (κ1) is 13.6. The predicted octanol–water partition coefficient (Wildman–Crippen LogP) is 3.91. The molecule has 4 rings (SSSR count). The number of nitrogens with zero attached hydrogens (tertiary/aromatic N) is 4. The zero-order chi connectivity index (χ0) is 15.8. The van der Waals surface area contributed by atoms with Crippen LogP contribution in [0.1, 0.15) is 5.56 Å². The third-order valence-corrected chi connectivity index (χ3v) is 3.77. The summed E-state index contributed by atoms with van der Waals surface area (Å²) in [7, 11) is 0. The van der Waals surface area contributed by atoms with E-state index in [9.17, 15) is 4.39 Å². The fraction of sp³-hybridized carbons (Fsp3) is 0.0556. The monoisotopic (exact) mass is 304 g/mol. The number of aryl methyl sites for hydroxylation is 1. The van der Waals surface area contributed by atoms with Gasteiger partial charge in [0.05, 0.1) is 5.69 Å². The van der Waals surface area contributed by atoms with Crippen molar-refractivity contribution in [3.63, 3.8) is 0 Å². The van der Waals surface area contributed by atoms with Gasteiger partial charge in [-0.05, 0) is 37.3 Å². The molecule has 0 bridgehead atoms. The molecule has 0 saturated heterocycles. The summed E-state index contributed by atoms with van der Waals surface area (Å²) in [6.07, 6.45) is 5.05. The van der Waals surface area contributed by atoms with Gasteiger partial charge in [0.1, 0.15) is 12.1 Å². The Morgan fingerprint density at radius 1 is 1.00 bits per heavy atom. The average Bonchev–Trinajstić information content (AvgIpc) is 3.05. The third kappa shape index (κ3) is 2.36. The second-order valence-electron chi connectivity index (χ2n) is 5.36. The van der Waals surface area contributed by atoms with Crippen molar-refractivity contribution >= 4 is 5.65 Å². The number of hydrogen-bond donors (Lipinski definition) is 0. The van der Waals surface area contributed by atoms with Crippen LogP contribution in [0, 0.1) is 12.7 Å². The van der Waals surface area contributed by atoms with E-state index in [1.54, 1.807) is 16.8 Å². The Labute approximate surface area is 132 Å². The van der Waals surface area contributed by atoms with Gasteiger partial charge in [-0.1, -0.05) is 17.7 Å². The van der Waals surface area contributed by atoms with Gasteiger partial charge in [0, 0.05) is 29.1 Å². The van der Waals surface area contributed by atoms with Crippen LogP contribution < -0.4 is 0 Å². The van der Waals surface area contributed by atoms with Gasteiger partial charge in [-0.2, -0.15) is 5.10 Å². The van der Waals surface area contributed by atoms with Crippen molar-refractivity contribution in [1.29, 1.82) is 0 Å². The standard InChI is InChI=1S/C18H13FN4/c1-12-4-6-16(19)15(9-12)18-14(3-2-8-20-18)13-5-7-17-21-11-22-23(17)10-13/h2-11H,1H3. The van der Waals surface area contributed by atoms with Crippen molar-refractivity contribution in [2.45, 2.75) is 6.92 Å².